The third kappa shape index (κ3) is 4.47. The summed E-state index contributed by atoms with van der Waals surface area (Å²) in [5, 5.41) is 3.53. The van der Waals surface area contributed by atoms with E-state index in [0.717, 1.165) is 18.5 Å². The standard InChI is InChI=1S/C17H23ClN2O2/c1-12(2)7-8-20-11-14(9-16(20)21)17(22)19-10-13-5-3-4-6-15(13)18/h3-6,12,14H,7-11H2,1-2H3,(H,19,22). The van der Waals surface area contributed by atoms with Crippen LogP contribution in [0.25, 0.3) is 0 Å². The number of amides is 2. The first kappa shape index (κ1) is 16.8. The monoisotopic (exact) mass is 322 g/mol. The zero-order chi connectivity index (χ0) is 16.1. The van der Waals surface area contributed by atoms with Gasteiger partial charge in [-0.25, -0.2) is 0 Å². The van der Waals surface area contributed by atoms with E-state index in [1.807, 2.05) is 18.2 Å². The lowest BCUT2D eigenvalue weighted by Gasteiger charge is -2.17. The van der Waals surface area contributed by atoms with Gasteiger partial charge in [0.25, 0.3) is 0 Å². The molecule has 0 spiro atoms. The van der Waals surface area contributed by atoms with E-state index < -0.39 is 0 Å². The molecule has 1 aliphatic heterocycles. The Labute approximate surface area is 136 Å². The summed E-state index contributed by atoms with van der Waals surface area (Å²) in [5.41, 5.74) is 0.888. The molecule has 4 nitrogen and oxygen atoms in total. The van der Waals surface area contributed by atoms with Crippen molar-refractivity contribution >= 4 is 23.4 Å². The number of hydrogen-bond acceptors (Lipinski definition) is 2. The van der Waals surface area contributed by atoms with Gasteiger partial charge in [-0.05, 0) is 24.0 Å². The molecule has 1 aromatic rings. The van der Waals surface area contributed by atoms with Crippen LogP contribution in [0.5, 0.6) is 0 Å². The number of rotatable bonds is 6. The van der Waals surface area contributed by atoms with Gasteiger partial charge in [-0.1, -0.05) is 43.6 Å². The summed E-state index contributed by atoms with van der Waals surface area (Å²) in [6, 6.07) is 7.43. The molecule has 22 heavy (non-hydrogen) atoms. The number of halogens is 1. The Hall–Kier alpha value is -1.55. The zero-order valence-electron chi connectivity index (χ0n) is 13.1. The highest BCUT2D eigenvalue weighted by molar-refractivity contribution is 6.31. The molecule has 0 bridgehead atoms. The van der Waals surface area contributed by atoms with Crippen LogP contribution in [0.4, 0.5) is 0 Å². The summed E-state index contributed by atoms with van der Waals surface area (Å²) in [5.74, 6) is 0.321. The fourth-order valence-corrected chi connectivity index (χ4v) is 2.75. The average molecular weight is 323 g/mol. The van der Waals surface area contributed by atoms with Crippen LogP contribution in [0.2, 0.25) is 5.02 Å². The van der Waals surface area contributed by atoms with Gasteiger partial charge in [0.1, 0.15) is 0 Å². The van der Waals surface area contributed by atoms with Gasteiger partial charge in [-0.15, -0.1) is 0 Å². The van der Waals surface area contributed by atoms with Crippen molar-refractivity contribution in [3.63, 3.8) is 0 Å². The second-order valence-corrected chi connectivity index (χ2v) is 6.64. The summed E-state index contributed by atoms with van der Waals surface area (Å²) in [7, 11) is 0. The fourth-order valence-electron chi connectivity index (χ4n) is 2.55. The molecule has 120 valence electrons. The molecule has 0 radical (unpaired) electrons. The molecule has 0 saturated carbocycles. The first-order chi connectivity index (χ1) is 10.5. The average Bonchev–Trinajstić information content (AvgIpc) is 2.85. The van der Waals surface area contributed by atoms with Crippen LogP contribution in [0, 0.1) is 11.8 Å². The van der Waals surface area contributed by atoms with E-state index in [1.54, 1.807) is 11.0 Å². The van der Waals surface area contributed by atoms with Crippen molar-refractivity contribution in [3.8, 4) is 0 Å². The first-order valence-electron chi connectivity index (χ1n) is 7.76. The zero-order valence-corrected chi connectivity index (χ0v) is 13.9. The van der Waals surface area contributed by atoms with Crippen molar-refractivity contribution in [1.82, 2.24) is 10.2 Å². The first-order valence-corrected chi connectivity index (χ1v) is 8.14. The van der Waals surface area contributed by atoms with Gasteiger partial charge in [0.15, 0.2) is 0 Å². The number of nitrogens with one attached hydrogen (secondary N) is 1. The Bertz CT molecular complexity index is 545. The smallest absolute Gasteiger partial charge is 0.225 e. The Kier molecular flexibility index (Phi) is 5.83. The molecule has 0 aliphatic carbocycles. The minimum Gasteiger partial charge on any atom is -0.352 e. The van der Waals surface area contributed by atoms with Gasteiger partial charge in [-0.3, -0.25) is 9.59 Å². The van der Waals surface area contributed by atoms with Crippen molar-refractivity contribution in [2.24, 2.45) is 11.8 Å². The number of nitrogens with zero attached hydrogens (tertiary/aromatic N) is 1. The highest BCUT2D eigenvalue weighted by atomic mass is 35.5. The highest BCUT2D eigenvalue weighted by Gasteiger charge is 2.33. The largest absolute Gasteiger partial charge is 0.352 e. The lowest BCUT2D eigenvalue weighted by Crippen LogP contribution is -2.33. The van der Waals surface area contributed by atoms with Crippen LogP contribution in [-0.2, 0) is 16.1 Å². The van der Waals surface area contributed by atoms with E-state index in [1.165, 1.54) is 0 Å². The van der Waals surface area contributed by atoms with Gasteiger partial charge >= 0.3 is 0 Å². The SMILES string of the molecule is CC(C)CCN1CC(C(=O)NCc2ccccc2Cl)CC1=O. The molecule has 1 fully saturated rings. The van der Waals surface area contributed by atoms with E-state index in [-0.39, 0.29) is 17.7 Å². The summed E-state index contributed by atoms with van der Waals surface area (Å²) in [6.45, 7) is 5.93. The van der Waals surface area contributed by atoms with Crippen LogP contribution >= 0.6 is 11.6 Å². The summed E-state index contributed by atoms with van der Waals surface area (Å²) >= 11 is 6.07. The van der Waals surface area contributed by atoms with Gasteiger partial charge < -0.3 is 10.2 Å². The molecule has 2 amide bonds. The number of likely N-dealkylation sites (tertiary alicyclic amines) is 1. The molecule has 0 aromatic heterocycles. The molecule has 1 N–H and O–H groups in total. The quantitative estimate of drug-likeness (QED) is 0.875. The third-order valence-electron chi connectivity index (χ3n) is 3.97. The topological polar surface area (TPSA) is 49.4 Å². The van der Waals surface area contributed by atoms with Crippen molar-refractivity contribution < 1.29 is 9.59 Å². The second-order valence-electron chi connectivity index (χ2n) is 6.23. The number of carbonyl (C=O) groups is 2. The van der Waals surface area contributed by atoms with Crippen LogP contribution in [0.3, 0.4) is 0 Å². The van der Waals surface area contributed by atoms with Gasteiger partial charge in [0, 0.05) is 31.1 Å². The predicted molar refractivity (Wildman–Crippen MR) is 87.4 cm³/mol. The third-order valence-corrected chi connectivity index (χ3v) is 4.34. The minimum atomic E-state index is -0.248. The molecular formula is C17H23ClN2O2. The Morgan fingerprint density at radius 3 is 2.82 bits per heavy atom. The molecular weight excluding hydrogens is 300 g/mol. The van der Waals surface area contributed by atoms with E-state index >= 15 is 0 Å². The second kappa shape index (κ2) is 7.63. The molecule has 1 saturated heterocycles. The molecule has 1 unspecified atom stereocenters. The van der Waals surface area contributed by atoms with E-state index in [9.17, 15) is 9.59 Å². The van der Waals surface area contributed by atoms with Gasteiger partial charge in [0.05, 0.1) is 5.92 Å². The molecule has 2 rings (SSSR count). The van der Waals surface area contributed by atoms with Crippen LogP contribution in [0.1, 0.15) is 32.3 Å². The fraction of sp³-hybridized carbons (Fsp3) is 0.529. The lowest BCUT2D eigenvalue weighted by molar-refractivity contribution is -0.129. The number of hydrogen-bond donors (Lipinski definition) is 1. The Morgan fingerprint density at radius 1 is 1.41 bits per heavy atom. The maximum atomic E-state index is 12.2. The summed E-state index contributed by atoms with van der Waals surface area (Å²) in [4.78, 5) is 26.0. The Balaban J connectivity index is 1.83. The Morgan fingerprint density at radius 2 is 2.14 bits per heavy atom. The maximum Gasteiger partial charge on any atom is 0.225 e. The minimum absolute atomic E-state index is 0.0692. The van der Waals surface area contributed by atoms with Crippen molar-refractivity contribution in [1.29, 1.82) is 0 Å². The lowest BCUT2D eigenvalue weighted by atomic mass is 10.1. The van der Waals surface area contributed by atoms with Crippen molar-refractivity contribution in [3.05, 3.63) is 34.9 Å². The van der Waals surface area contributed by atoms with E-state index in [2.05, 4.69) is 19.2 Å². The van der Waals surface area contributed by atoms with E-state index in [4.69, 9.17) is 11.6 Å². The normalized spacial score (nSPS) is 18.1. The number of carbonyl (C=O) groups excluding carboxylic acids is 2. The predicted octanol–water partition coefficient (Wildman–Crippen LogP) is 2.85. The molecule has 1 heterocycles. The van der Waals surface area contributed by atoms with Gasteiger partial charge in [-0.2, -0.15) is 0 Å². The van der Waals surface area contributed by atoms with Crippen molar-refractivity contribution in [2.45, 2.75) is 33.2 Å². The van der Waals surface area contributed by atoms with E-state index in [0.29, 0.717) is 30.5 Å². The molecule has 5 heteroatoms. The molecule has 1 atom stereocenters. The van der Waals surface area contributed by atoms with Crippen LogP contribution < -0.4 is 5.32 Å². The van der Waals surface area contributed by atoms with Gasteiger partial charge in [0.2, 0.25) is 11.8 Å². The van der Waals surface area contributed by atoms with Crippen LogP contribution in [-0.4, -0.2) is 29.8 Å². The highest BCUT2D eigenvalue weighted by Crippen LogP contribution is 2.20. The molecule has 1 aliphatic rings. The summed E-state index contributed by atoms with van der Waals surface area (Å²) < 4.78 is 0. The molecule has 1 aromatic carbocycles. The maximum absolute atomic E-state index is 12.2. The number of benzene rings is 1. The van der Waals surface area contributed by atoms with Crippen molar-refractivity contribution in [2.75, 3.05) is 13.1 Å². The summed E-state index contributed by atoms with van der Waals surface area (Å²) in [6.07, 6.45) is 1.28. The van der Waals surface area contributed by atoms with Crippen LogP contribution in [0.15, 0.2) is 24.3 Å².